The fourth-order valence-electron chi connectivity index (χ4n) is 4.21. The summed E-state index contributed by atoms with van der Waals surface area (Å²) in [4.78, 5) is 12.7. The summed E-state index contributed by atoms with van der Waals surface area (Å²) in [6, 6.07) is 9.48. The molecule has 0 fully saturated rings. The van der Waals surface area contributed by atoms with Crippen LogP contribution < -0.4 is 14.6 Å². The van der Waals surface area contributed by atoms with Crippen LogP contribution in [0.2, 0.25) is 5.02 Å². The summed E-state index contributed by atoms with van der Waals surface area (Å²) in [7, 11) is 0. The van der Waals surface area contributed by atoms with E-state index in [-0.39, 0.29) is 5.91 Å². The van der Waals surface area contributed by atoms with Crippen LogP contribution in [-0.2, 0) is 13.1 Å². The van der Waals surface area contributed by atoms with Gasteiger partial charge in [-0.15, -0.1) is 0 Å². The number of hydrogen-bond donors (Lipinski definition) is 1. The third-order valence-electron chi connectivity index (χ3n) is 6.36. The van der Waals surface area contributed by atoms with E-state index in [1.54, 1.807) is 6.07 Å². The van der Waals surface area contributed by atoms with Gasteiger partial charge in [0.25, 0.3) is 5.91 Å². The van der Waals surface area contributed by atoms with Gasteiger partial charge in [0.15, 0.2) is 12.4 Å². The Hall–Kier alpha value is -2.07. The van der Waals surface area contributed by atoms with Gasteiger partial charge in [0.05, 0.1) is 17.2 Å². The molecule has 35 heavy (non-hydrogen) atoms. The Morgan fingerprint density at radius 3 is 2.03 bits per heavy atom. The zero-order valence-electron chi connectivity index (χ0n) is 22.0. The molecule has 2 aromatic rings. The summed E-state index contributed by atoms with van der Waals surface area (Å²) in [5, 5.41) is 3.35. The van der Waals surface area contributed by atoms with Gasteiger partial charge in [0, 0.05) is 25.1 Å². The number of ether oxygens (including phenoxy) is 1. The molecule has 0 spiro atoms. The molecular formula is C30H46ClN2O2+. The van der Waals surface area contributed by atoms with Crippen molar-refractivity contribution in [2.45, 2.75) is 110 Å². The van der Waals surface area contributed by atoms with E-state index in [1.807, 2.05) is 36.7 Å². The normalized spacial score (nSPS) is 10.9. The minimum absolute atomic E-state index is 0.184. The number of nitrogens with zero attached hydrogens (tertiary/aromatic N) is 1. The average molecular weight is 502 g/mol. The second-order valence-corrected chi connectivity index (χ2v) is 9.86. The first-order valence-corrected chi connectivity index (χ1v) is 14.2. The highest BCUT2D eigenvalue weighted by molar-refractivity contribution is 6.35. The molecule has 4 nitrogen and oxygen atoms in total. The van der Waals surface area contributed by atoms with E-state index in [0.29, 0.717) is 29.5 Å². The molecule has 0 atom stereocenters. The van der Waals surface area contributed by atoms with E-state index in [9.17, 15) is 4.79 Å². The molecule has 1 N–H and O–H groups in total. The molecule has 0 saturated carbocycles. The van der Waals surface area contributed by atoms with Crippen molar-refractivity contribution >= 4 is 17.5 Å². The van der Waals surface area contributed by atoms with Gasteiger partial charge in [-0.25, -0.2) is 4.57 Å². The van der Waals surface area contributed by atoms with Gasteiger partial charge < -0.3 is 10.1 Å². The second kappa shape index (κ2) is 18.2. The topological polar surface area (TPSA) is 42.2 Å². The predicted octanol–water partition coefficient (Wildman–Crippen LogP) is 8.05. The van der Waals surface area contributed by atoms with Crippen LogP contribution in [0.5, 0.6) is 5.75 Å². The molecular weight excluding hydrogens is 456 g/mol. The fraction of sp³-hybridized carbons (Fsp3) is 0.600. The number of aromatic nitrogens is 1. The number of pyridine rings is 1. The molecule has 0 saturated heterocycles. The number of hydrogen-bond acceptors (Lipinski definition) is 2. The Bertz CT molecular complexity index is 839. The van der Waals surface area contributed by atoms with Crippen molar-refractivity contribution in [3.8, 4) is 5.75 Å². The maximum absolute atomic E-state index is 12.7. The van der Waals surface area contributed by atoms with Gasteiger partial charge in [-0.1, -0.05) is 102 Å². The molecule has 1 aromatic heterocycles. The third-order valence-corrected chi connectivity index (χ3v) is 6.75. The van der Waals surface area contributed by atoms with Crippen LogP contribution in [0, 0.1) is 0 Å². The summed E-state index contributed by atoms with van der Waals surface area (Å²) < 4.78 is 8.04. The minimum Gasteiger partial charge on any atom is -0.492 e. The number of rotatable bonds is 19. The highest BCUT2D eigenvalue weighted by atomic mass is 35.5. The van der Waals surface area contributed by atoms with Crippen LogP contribution >= 0.6 is 11.6 Å². The predicted molar refractivity (Wildman–Crippen MR) is 146 cm³/mol. The molecule has 0 aliphatic heterocycles. The van der Waals surface area contributed by atoms with Crippen LogP contribution in [0.3, 0.4) is 0 Å². The van der Waals surface area contributed by atoms with Gasteiger partial charge in [0.1, 0.15) is 12.3 Å². The quantitative estimate of drug-likeness (QED) is 0.156. The van der Waals surface area contributed by atoms with E-state index in [1.165, 1.54) is 70.6 Å². The highest BCUT2D eigenvalue weighted by Crippen LogP contribution is 2.28. The van der Waals surface area contributed by atoms with E-state index in [4.69, 9.17) is 16.3 Å². The average Bonchev–Trinajstić information content (AvgIpc) is 2.87. The molecule has 1 heterocycles. The number of halogens is 1. The van der Waals surface area contributed by atoms with Crippen molar-refractivity contribution in [1.29, 1.82) is 0 Å². The molecule has 5 heteroatoms. The van der Waals surface area contributed by atoms with Crippen LogP contribution in [0.4, 0.5) is 0 Å². The van der Waals surface area contributed by atoms with Crippen LogP contribution in [0.15, 0.2) is 42.7 Å². The zero-order valence-corrected chi connectivity index (χ0v) is 22.8. The van der Waals surface area contributed by atoms with Gasteiger partial charge in [-0.2, -0.15) is 0 Å². The lowest BCUT2D eigenvalue weighted by Gasteiger charge is -2.12. The van der Waals surface area contributed by atoms with Gasteiger partial charge >= 0.3 is 0 Å². The Morgan fingerprint density at radius 1 is 0.829 bits per heavy atom. The van der Waals surface area contributed by atoms with Gasteiger partial charge in [-0.3, -0.25) is 4.79 Å². The lowest BCUT2D eigenvalue weighted by Crippen LogP contribution is -2.32. The molecule has 0 unspecified atom stereocenters. The smallest absolute Gasteiger partial charge is 0.253 e. The molecule has 194 valence electrons. The summed E-state index contributed by atoms with van der Waals surface area (Å²) in [6.07, 6.45) is 21.0. The Kier molecular flexibility index (Phi) is 15.2. The summed E-state index contributed by atoms with van der Waals surface area (Å²) >= 11 is 6.50. The summed E-state index contributed by atoms with van der Waals surface area (Å²) in [5.74, 6) is 0.402. The van der Waals surface area contributed by atoms with Crippen molar-refractivity contribution in [3.05, 3.63) is 58.9 Å². The fourth-order valence-corrected chi connectivity index (χ4v) is 4.48. The third kappa shape index (κ3) is 11.9. The number of nitrogens with one attached hydrogen (secondary N) is 1. The second-order valence-electron chi connectivity index (χ2n) is 9.48. The van der Waals surface area contributed by atoms with Crippen molar-refractivity contribution in [3.63, 3.8) is 0 Å². The molecule has 1 aromatic carbocycles. The van der Waals surface area contributed by atoms with Crippen molar-refractivity contribution < 1.29 is 14.1 Å². The largest absolute Gasteiger partial charge is 0.492 e. The Morgan fingerprint density at radius 2 is 1.43 bits per heavy atom. The van der Waals surface area contributed by atoms with E-state index in [0.717, 1.165) is 24.9 Å². The summed E-state index contributed by atoms with van der Waals surface area (Å²) in [6.45, 7) is 6.51. The first-order chi connectivity index (χ1) is 17.2. The lowest BCUT2D eigenvalue weighted by atomic mass is 10.1. The van der Waals surface area contributed by atoms with E-state index >= 15 is 0 Å². The number of unbranched alkanes of at least 4 members (excludes halogenated alkanes) is 11. The molecule has 1 amide bonds. The van der Waals surface area contributed by atoms with Crippen LogP contribution in [0.25, 0.3) is 0 Å². The maximum atomic E-state index is 12.7. The number of amides is 1. The molecule has 0 bridgehead atoms. The van der Waals surface area contributed by atoms with Gasteiger partial charge in [0.2, 0.25) is 0 Å². The first kappa shape index (κ1) is 29.2. The van der Waals surface area contributed by atoms with Gasteiger partial charge in [-0.05, 0) is 24.1 Å². The van der Waals surface area contributed by atoms with E-state index < -0.39 is 0 Å². The zero-order chi connectivity index (χ0) is 25.1. The summed E-state index contributed by atoms with van der Waals surface area (Å²) in [5.41, 5.74) is 1.51. The lowest BCUT2D eigenvalue weighted by molar-refractivity contribution is -0.697. The van der Waals surface area contributed by atoms with Crippen molar-refractivity contribution in [2.75, 3.05) is 6.61 Å². The van der Waals surface area contributed by atoms with Crippen LogP contribution in [0.1, 0.15) is 113 Å². The molecule has 0 radical (unpaired) electrons. The molecule has 0 aliphatic rings. The highest BCUT2D eigenvalue weighted by Gasteiger charge is 2.14. The Labute approximate surface area is 218 Å². The standard InChI is InChI=1S/C30H45ClN2O2/c1-3-5-6-7-8-9-10-11-12-13-14-15-24-35-28-18-16-17-27(29(28)31)30(34)32-25-26-19-22-33(21-4-2)23-20-26/h16-20,22-23H,3-15,21,24-25H2,1-2H3/p+1. The van der Waals surface area contributed by atoms with Crippen molar-refractivity contribution in [2.24, 2.45) is 0 Å². The number of aryl methyl sites for hydroxylation is 1. The van der Waals surface area contributed by atoms with Crippen LogP contribution in [-0.4, -0.2) is 12.5 Å². The first-order valence-electron chi connectivity index (χ1n) is 13.8. The van der Waals surface area contributed by atoms with E-state index in [2.05, 4.69) is 23.7 Å². The minimum atomic E-state index is -0.184. The number of carbonyl (C=O) groups excluding carboxylic acids is 1. The SMILES string of the molecule is CCCCCCCCCCCCCCOc1cccc(C(=O)NCc2cc[n+](CCC)cc2)c1Cl. The maximum Gasteiger partial charge on any atom is 0.253 e. The monoisotopic (exact) mass is 501 g/mol. The molecule has 0 aliphatic carbocycles. The number of carbonyl (C=O) groups is 1. The van der Waals surface area contributed by atoms with Crippen molar-refractivity contribution in [1.82, 2.24) is 5.32 Å². The molecule has 2 rings (SSSR count). The Balaban J connectivity index is 1.62. The number of benzene rings is 1.